The van der Waals surface area contributed by atoms with Crippen molar-refractivity contribution in [3.05, 3.63) is 93.2 Å². The number of hydrogen-bond donors (Lipinski definition) is 1. The Kier molecular flexibility index (Phi) is 6.23. The molecule has 3 aromatic heterocycles. The third-order valence-electron chi connectivity index (χ3n) is 6.41. The molecule has 10 heteroatoms. The van der Waals surface area contributed by atoms with Gasteiger partial charge in [0.2, 0.25) is 0 Å². The van der Waals surface area contributed by atoms with E-state index >= 15 is 0 Å². The van der Waals surface area contributed by atoms with E-state index in [9.17, 15) is 14.9 Å². The number of carbonyl (C=O) groups excluding carboxylic acids is 1. The highest BCUT2D eigenvalue weighted by molar-refractivity contribution is 7.97. The molecule has 0 aliphatic carbocycles. The Labute approximate surface area is 206 Å². The highest BCUT2D eigenvalue weighted by atomic mass is 32.2. The van der Waals surface area contributed by atoms with Crippen LogP contribution in [0, 0.1) is 17.0 Å². The van der Waals surface area contributed by atoms with E-state index in [1.807, 2.05) is 37.0 Å². The number of non-ortho nitro benzene ring substituents is 1. The molecule has 0 radical (unpaired) electrons. The number of rotatable bonds is 6. The number of pyridine rings is 2. The molecule has 4 heterocycles. The van der Waals surface area contributed by atoms with Crippen molar-refractivity contribution in [3.8, 4) is 0 Å². The second-order valence-corrected chi connectivity index (χ2v) is 9.61. The van der Waals surface area contributed by atoms with E-state index in [2.05, 4.69) is 25.7 Å². The van der Waals surface area contributed by atoms with Crippen LogP contribution in [-0.4, -0.2) is 36.2 Å². The second-order valence-electron chi connectivity index (χ2n) is 8.47. The molecule has 0 unspecified atom stereocenters. The molecule has 1 N–H and O–H groups in total. The minimum absolute atomic E-state index is 0.0491. The number of nitrogens with zero attached hydrogens (tertiary/aromatic N) is 5. The highest BCUT2D eigenvalue weighted by Gasteiger charge is 2.22. The zero-order valence-electron chi connectivity index (χ0n) is 19.4. The lowest BCUT2D eigenvalue weighted by Gasteiger charge is -2.27. The zero-order chi connectivity index (χ0) is 24.5. The van der Waals surface area contributed by atoms with Gasteiger partial charge in [-0.1, -0.05) is 6.07 Å². The first-order valence-electron chi connectivity index (χ1n) is 11.2. The predicted octanol–water partition coefficient (Wildman–Crippen LogP) is 4.18. The Morgan fingerprint density at radius 2 is 2.09 bits per heavy atom. The standard InChI is InChI=1S/C25H24N6O3S/c1-16-23(35-30-11-8-17-13-26-10-7-19(17)15-30)12-22(29(16)2)25(32)28-14-18-5-6-21(31(33)34)24-20(18)4-3-9-27-24/h3-7,9-10,12-13H,8,11,14-15H2,1-2H3,(H,28,32). The van der Waals surface area contributed by atoms with Gasteiger partial charge in [0.05, 0.1) is 4.92 Å². The van der Waals surface area contributed by atoms with E-state index < -0.39 is 4.92 Å². The number of fused-ring (bicyclic) bond motifs is 2. The van der Waals surface area contributed by atoms with Crippen LogP contribution < -0.4 is 5.32 Å². The van der Waals surface area contributed by atoms with Crippen molar-refractivity contribution in [1.82, 2.24) is 24.2 Å². The first-order valence-corrected chi connectivity index (χ1v) is 12.0. The average Bonchev–Trinajstić information content (AvgIpc) is 3.15. The van der Waals surface area contributed by atoms with Gasteiger partial charge in [-0.25, -0.2) is 9.29 Å². The molecule has 0 spiro atoms. The van der Waals surface area contributed by atoms with Crippen LogP contribution in [0.15, 0.2) is 59.9 Å². The molecule has 178 valence electrons. The van der Waals surface area contributed by atoms with Crippen LogP contribution in [0.3, 0.4) is 0 Å². The minimum Gasteiger partial charge on any atom is -0.347 e. The Balaban J connectivity index is 1.31. The van der Waals surface area contributed by atoms with E-state index in [1.54, 1.807) is 30.1 Å². The predicted molar refractivity (Wildman–Crippen MR) is 134 cm³/mol. The summed E-state index contributed by atoms with van der Waals surface area (Å²) in [5, 5.41) is 15.0. The highest BCUT2D eigenvalue weighted by Crippen LogP contribution is 2.33. The Morgan fingerprint density at radius 1 is 1.23 bits per heavy atom. The summed E-state index contributed by atoms with van der Waals surface area (Å²) in [5.41, 5.74) is 5.21. The summed E-state index contributed by atoms with van der Waals surface area (Å²) < 4.78 is 4.21. The fraction of sp³-hybridized carbons (Fsp3) is 0.240. The van der Waals surface area contributed by atoms with Crippen molar-refractivity contribution in [3.63, 3.8) is 0 Å². The zero-order valence-corrected chi connectivity index (χ0v) is 20.2. The van der Waals surface area contributed by atoms with E-state index in [1.165, 1.54) is 23.4 Å². The number of hydrogen-bond acceptors (Lipinski definition) is 7. The van der Waals surface area contributed by atoms with Crippen LogP contribution in [0.1, 0.15) is 32.9 Å². The van der Waals surface area contributed by atoms with E-state index in [-0.39, 0.29) is 18.1 Å². The van der Waals surface area contributed by atoms with Gasteiger partial charge in [-0.2, -0.15) is 0 Å². The maximum Gasteiger partial charge on any atom is 0.295 e. The molecule has 35 heavy (non-hydrogen) atoms. The maximum atomic E-state index is 13.1. The Hall–Kier alpha value is -3.76. The largest absolute Gasteiger partial charge is 0.347 e. The number of nitro benzene ring substituents is 1. The molecule has 4 aromatic rings. The fourth-order valence-electron chi connectivity index (χ4n) is 4.33. The van der Waals surface area contributed by atoms with Crippen molar-refractivity contribution in [2.45, 2.75) is 31.3 Å². The van der Waals surface area contributed by atoms with Gasteiger partial charge in [0.15, 0.2) is 0 Å². The van der Waals surface area contributed by atoms with Gasteiger partial charge in [-0.3, -0.25) is 19.9 Å². The summed E-state index contributed by atoms with van der Waals surface area (Å²) in [5.74, 6) is -0.201. The van der Waals surface area contributed by atoms with E-state index in [0.717, 1.165) is 35.7 Å². The lowest BCUT2D eigenvalue weighted by molar-refractivity contribution is -0.383. The van der Waals surface area contributed by atoms with Gasteiger partial charge in [0.25, 0.3) is 11.6 Å². The Morgan fingerprint density at radius 3 is 2.91 bits per heavy atom. The molecule has 1 aromatic carbocycles. The van der Waals surface area contributed by atoms with Gasteiger partial charge in [0.1, 0.15) is 11.2 Å². The molecule has 0 fully saturated rings. The van der Waals surface area contributed by atoms with Crippen molar-refractivity contribution < 1.29 is 9.72 Å². The first kappa shape index (κ1) is 23.0. The molecule has 0 saturated carbocycles. The van der Waals surface area contributed by atoms with Crippen molar-refractivity contribution in [2.75, 3.05) is 6.54 Å². The maximum absolute atomic E-state index is 13.1. The average molecular weight is 489 g/mol. The number of nitrogens with one attached hydrogen (secondary N) is 1. The smallest absolute Gasteiger partial charge is 0.295 e. The van der Waals surface area contributed by atoms with Crippen LogP contribution in [-0.2, 0) is 26.6 Å². The van der Waals surface area contributed by atoms with Crippen molar-refractivity contribution >= 4 is 34.4 Å². The molecule has 1 amide bonds. The van der Waals surface area contributed by atoms with Crippen LogP contribution in [0.2, 0.25) is 0 Å². The lowest BCUT2D eigenvalue weighted by Crippen LogP contribution is -2.25. The van der Waals surface area contributed by atoms with Crippen molar-refractivity contribution in [2.24, 2.45) is 7.05 Å². The van der Waals surface area contributed by atoms with Crippen LogP contribution in [0.5, 0.6) is 0 Å². The van der Waals surface area contributed by atoms with Crippen LogP contribution >= 0.6 is 11.9 Å². The SMILES string of the molecule is Cc1c(SN2CCc3cnccc3C2)cc(C(=O)NCc2ccc([N+](=O)[O-])c3ncccc23)n1C. The normalized spacial score (nSPS) is 13.5. The summed E-state index contributed by atoms with van der Waals surface area (Å²) >= 11 is 1.67. The number of benzene rings is 1. The van der Waals surface area contributed by atoms with Gasteiger partial charge < -0.3 is 9.88 Å². The summed E-state index contributed by atoms with van der Waals surface area (Å²) in [6.07, 6.45) is 6.25. The second kappa shape index (κ2) is 9.47. The van der Waals surface area contributed by atoms with Gasteiger partial charge >= 0.3 is 0 Å². The fourth-order valence-corrected chi connectivity index (χ4v) is 5.43. The van der Waals surface area contributed by atoms with Crippen molar-refractivity contribution in [1.29, 1.82) is 0 Å². The lowest BCUT2D eigenvalue weighted by atomic mass is 10.0. The molecule has 0 saturated heterocycles. The summed E-state index contributed by atoms with van der Waals surface area (Å²) in [6, 6.07) is 10.6. The third kappa shape index (κ3) is 4.50. The third-order valence-corrected chi connectivity index (χ3v) is 7.59. The summed E-state index contributed by atoms with van der Waals surface area (Å²) in [7, 11) is 1.89. The van der Waals surface area contributed by atoms with Gasteiger partial charge in [-0.15, -0.1) is 0 Å². The quantitative estimate of drug-likeness (QED) is 0.246. The topological polar surface area (TPSA) is 106 Å². The number of amides is 1. The molecule has 9 nitrogen and oxygen atoms in total. The van der Waals surface area contributed by atoms with E-state index in [4.69, 9.17) is 0 Å². The molecule has 0 bridgehead atoms. The Bertz CT molecular complexity index is 1450. The van der Waals surface area contributed by atoms with Gasteiger partial charge in [-0.05, 0) is 66.2 Å². The van der Waals surface area contributed by atoms with E-state index in [0.29, 0.717) is 16.6 Å². The molecule has 1 aliphatic rings. The number of aromatic nitrogens is 3. The molecular weight excluding hydrogens is 464 g/mol. The molecule has 0 atom stereocenters. The number of nitro groups is 1. The minimum atomic E-state index is -0.443. The molecule has 1 aliphatic heterocycles. The summed E-state index contributed by atoms with van der Waals surface area (Å²) in [6.45, 7) is 4.00. The summed E-state index contributed by atoms with van der Waals surface area (Å²) in [4.78, 5) is 33.4. The monoisotopic (exact) mass is 488 g/mol. The molecular formula is C25H24N6O3S. The van der Waals surface area contributed by atoms with Gasteiger partial charge in [0, 0.05) is 67.3 Å². The van der Waals surface area contributed by atoms with Crippen LogP contribution in [0.25, 0.3) is 10.9 Å². The van der Waals surface area contributed by atoms with Crippen LogP contribution in [0.4, 0.5) is 5.69 Å². The number of carbonyl (C=O) groups is 1. The first-order chi connectivity index (χ1) is 16.9. The molecule has 5 rings (SSSR count).